The SMILES string of the molecule is CC1(C)NC(=O)N(CC(=O)N(Cc2cccs2)c2ccc3c(c2)OCCO3)C1=O. The van der Waals surface area contributed by atoms with Gasteiger partial charge in [0.25, 0.3) is 5.91 Å². The molecule has 0 radical (unpaired) electrons. The molecule has 9 heteroatoms. The Morgan fingerprint density at radius 2 is 1.97 bits per heavy atom. The van der Waals surface area contributed by atoms with Crippen LogP contribution in [0.3, 0.4) is 0 Å². The molecule has 1 aromatic heterocycles. The maximum absolute atomic E-state index is 13.2. The average molecular weight is 415 g/mol. The summed E-state index contributed by atoms with van der Waals surface area (Å²) in [5, 5.41) is 4.53. The van der Waals surface area contributed by atoms with E-state index in [2.05, 4.69) is 5.32 Å². The van der Waals surface area contributed by atoms with Crippen molar-refractivity contribution in [3.05, 3.63) is 40.6 Å². The molecule has 29 heavy (non-hydrogen) atoms. The fourth-order valence-electron chi connectivity index (χ4n) is 3.26. The van der Waals surface area contributed by atoms with Gasteiger partial charge in [-0.1, -0.05) is 6.07 Å². The highest BCUT2D eigenvalue weighted by Gasteiger charge is 2.45. The summed E-state index contributed by atoms with van der Waals surface area (Å²) in [5.74, 6) is 0.401. The Morgan fingerprint density at radius 1 is 1.21 bits per heavy atom. The predicted octanol–water partition coefficient (Wildman–Crippen LogP) is 2.38. The number of imide groups is 1. The molecule has 0 spiro atoms. The largest absolute Gasteiger partial charge is 0.486 e. The summed E-state index contributed by atoms with van der Waals surface area (Å²) >= 11 is 1.53. The van der Waals surface area contributed by atoms with Crippen LogP contribution in [0.2, 0.25) is 0 Å². The Bertz CT molecular complexity index is 957. The quantitative estimate of drug-likeness (QED) is 0.758. The van der Waals surface area contributed by atoms with Crippen molar-refractivity contribution in [2.45, 2.75) is 25.9 Å². The van der Waals surface area contributed by atoms with Crippen LogP contribution in [0.4, 0.5) is 10.5 Å². The van der Waals surface area contributed by atoms with E-state index in [1.54, 1.807) is 36.9 Å². The number of benzene rings is 1. The van der Waals surface area contributed by atoms with E-state index in [1.807, 2.05) is 17.5 Å². The summed E-state index contributed by atoms with van der Waals surface area (Å²) in [6.07, 6.45) is 0. The van der Waals surface area contributed by atoms with Gasteiger partial charge in [0.15, 0.2) is 11.5 Å². The van der Waals surface area contributed by atoms with Crippen LogP contribution in [-0.4, -0.2) is 48.0 Å². The second-order valence-corrected chi connectivity index (χ2v) is 8.37. The van der Waals surface area contributed by atoms with E-state index in [0.29, 0.717) is 36.9 Å². The van der Waals surface area contributed by atoms with Crippen molar-refractivity contribution in [1.82, 2.24) is 10.2 Å². The molecule has 0 atom stereocenters. The van der Waals surface area contributed by atoms with Gasteiger partial charge >= 0.3 is 6.03 Å². The summed E-state index contributed by atoms with van der Waals surface area (Å²) < 4.78 is 11.2. The minimum absolute atomic E-state index is 0.323. The molecular formula is C20H21N3O5S. The van der Waals surface area contributed by atoms with Crippen molar-refractivity contribution in [3.8, 4) is 11.5 Å². The standard InChI is InChI=1S/C20H21N3O5S/c1-20(2)18(25)23(19(26)21-20)12-17(24)22(11-14-4-3-9-29-14)13-5-6-15-16(10-13)28-8-7-27-15/h3-6,9-10H,7-8,11-12H2,1-2H3,(H,21,26). The Hall–Kier alpha value is -3.07. The summed E-state index contributed by atoms with van der Waals surface area (Å²) in [5.41, 5.74) is -0.411. The average Bonchev–Trinajstić information content (AvgIpc) is 3.27. The molecule has 1 aromatic carbocycles. The van der Waals surface area contributed by atoms with Crippen LogP contribution in [0.25, 0.3) is 0 Å². The van der Waals surface area contributed by atoms with Crippen LogP contribution in [0.15, 0.2) is 35.7 Å². The van der Waals surface area contributed by atoms with Gasteiger partial charge in [0.1, 0.15) is 25.3 Å². The lowest BCUT2D eigenvalue weighted by Gasteiger charge is -2.26. The van der Waals surface area contributed by atoms with E-state index < -0.39 is 17.5 Å². The molecule has 3 heterocycles. The first-order valence-corrected chi connectivity index (χ1v) is 10.1. The minimum atomic E-state index is -1.02. The first kappa shape index (κ1) is 19.3. The van der Waals surface area contributed by atoms with Crippen molar-refractivity contribution in [2.24, 2.45) is 0 Å². The zero-order chi connectivity index (χ0) is 20.6. The van der Waals surface area contributed by atoms with Gasteiger partial charge < -0.3 is 19.7 Å². The van der Waals surface area contributed by atoms with Crippen molar-refractivity contribution in [1.29, 1.82) is 0 Å². The van der Waals surface area contributed by atoms with Crippen LogP contribution in [0.1, 0.15) is 18.7 Å². The van der Waals surface area contributed by atoms with E-state index in [0.717, 1.165) is 9.78 Å². The number of amides is 4. The minimum Gasteiger partial charge on any atom is -0.486 e. The van der Waals surface area contributed by atoms with Gasteiger partial charge in [-0.05, 0) is 37.4 Å². The first-order valence-electron chi connectivity index (χ1n) is 9.22. The second kappa shape index (κ2) is 7.40. The fourth-order valence-corrected chi connectivity index (χ4v) is 3.96. The van der Waals surface area contributed by atoms with Crippen LogP contribution in [0, 0.1) is 0 Å². The van der Waals surface area contributed by atoms with E-state index >= 15 is 0 Å². The van der Waals surface area contributed by atoms with Gasteiger partial charge in [0.2, 0.25) is 5.91 Å². The summed E-state index contributed by atoms with van der Waals surface area (Å²) in [7, 11) is 0. The van der Waals surface area contributed by atoms with Gasteiger partial charge in [-0.2, -0.15) is 0 Å². The van der Waals surface area contributed by atoms with E-state index in [9.17, 15) is 14.4 Å². The summed E-state index contributed by atoms with van der Waals surface area (Å²) in [6.45, 7) is 4.13. The van der Waals surface area contributed by atoms with Crippen molar-refractivity contribution in [3.63, 3.8) is 0 Å². The lowest BCUT2D eigenvalue weighted by Crippen LogP contribution is -2.44. The Morgan fingerprint density at radius 3 is 2.62 bits per heavy atom. The number of rotatable bonds is 5. The van der Waals surface area contributed by atoms with Gasteiger partial charge in [0.05, 0.1) is 6.54 Å². The Labute approximate surface area is 172 Å². The number of carbonyl (C=O) groups is 3. The van der Waals surface area contributed by atoms with Crippen molar-refractivity contribution >= 4 is 34.9 Å². The Kier molecular flexibility index (Phi) is 4.91. The molecule has 0 aliphatic carbocycles. The molecule has 8 nitrogen and oxygen atoms in total. The number of fused-ring (bicyclic) bond motifs is 1. The van der Waals surface area contributed by atoms with Gasteiger partial charge in [0, 0.05) is 16.6 Å². The molecule has 1 N–H and O–H groups in total. The number of nitrogens with zero attached hydrogens (tertiary/aromatic N) is 2. The predicted molar refractivity (Wildman–Crippen MR) is 107 cm³/mol. The molecular weight excluding hydrogens is 394 g/mol. The lowest BCUT2D eigenvalue weighted by molar-refractivity contribution is -0.133. The smallest absolute Gasteiger partial charge is 0.325 e. The monoisotopic (exact) mass is 415 g/mol. The lowest BCUT2D eigenvalue weighted by atomic mass is 10.1. The number of ether oxygens (including phenoxy) is 2. The zero-order valence-corrected chi connectivity index (χ0v) is 17.0. The maximum Gasteiger partial charge on any atom is 0.325 e. The molecule has 2 aliphatic rings. The highest BCUT2D eigenvalue weighted by molar-refractivity contribution is 7.09. The summed E-state index contributed by atoms with van der Waals surface area (Å²) in [4.78, 5) is 41.3. The zero-order valence-electron chi connectivity index (χ0n) is 16.1. The highest BCUT2D eigenvalue weighted by Crippen LogP contribution is 2.35. The number of thiophene rings is 1. The highest BCUT2D eigenvalue weighted by atomic mass is 32.1. The fraction of sp³-hybridized carbons (Fsp3) is 0.350. The van der Waals surface area contributed by atoms with Gasteiger partial charge in [-0.15, -0.1) is 11.3 Å². The Balaban J connectivity index is 1.61. The molecule has 4 rings (SSSR count). The van der Waals surface area contributed by atoms with Crippen molar-refractivity contribution < 1.29 is 23.9 Å². The van der Waals surface area contributed by atoms with Crippen LogP contribution < -0.4 is 19.7 Å². The molecule has 2 aliphatic heterocycles. The third-order valence-corrected chi connectivity index (χ3v) is 5.63. The van der Waals surface area contributed by atoms with Crippen LogP contribution in [0.5, 0.6) is 11.5 Å². The first-order chi connectivity index (χ1) is 13.8. The third kappa shape index (κ3) is 3.77. The third-order valence-electron chi connectivity index (χ3n) is 4.77. The number of nitrogens with one attached hydrogen (secondary N) is 1. The maximum atomic E-state index is 13.2. The molecule has 1 saturated heterocycles. The number of carbonyl (C=O) groups excluding carboxylic acids is 3. The molecule has 152 valence electrons. The van der Waals surface area contributed by atoms with Crippen molar-refractivity contribution in [2.75, 3.05) is 24.7 Å². The number of hydrogen-bond donors (Lipinski definition) is 1. The normalized spacial score (nSPS) is 17.2. The number of urea groups is 1. The van der Waals surface area contributed by atoms with E-state index in [1.165, 1.54) is 11.3 Å². The topological polar surface area (TPSA) is 88.2 Å². The molecule has 0 saturated carbocycles. The molecule has 2 aromatic rings. The molecule has 0 bridgehead atoms. The number of hydrogen-bond acceptors (Lipinski definition) is 6. The molecule has 0 unspecified atom stereocenters. The number of anilines is 1. The van der Waals surface area contributed by atoms with Gasteiger partial charge in [-0.3, -0.25) is 14.5 Å². The van der Waals surface area contributed by atoms with Gasteiger partial charge in [-0.25, -0.2) is 4.79 Å². The summed E-state index contributed by atoms with van der Waals surface area (Å²) in [6, 6.07) is 8.55. The molecule has 4 amide bonds. The van der Waals surface area contributed by atoms with E-state index in [-0.39, 0.29) is 12.5 Å². The van der Waals surface area contributed by atoms with Crippen LogP contribution in [-0.2, 0) is 16.1 Å². The second-order valence-electron chi connectivity index (χ2n) is 7.33. The van der Waals surface area contributed by atoms with E-state index in [4.69, 9.17) is 9.47 Å². The van der Waals surface area contributed by atoms with Crippen LogP contribution >= 0.6 is 11.3 Å². The molecule has 1 fully saturated rings.